The molecule has 2 amide bonds. The van der Waals surface area contributed by atoms with E-state index >= 15 is 0 Å². The first-order valence-corrected chi connectivity index (χ1v) is 15.9. The van der Waals surface area contributed by atoms with Crippen molar-refractivity contribution in [1.82, 2.24) is 15.1 Å². The number of hydroxylamine groups is 1. The van der Waals surface area contributed by atoms with Gasteiger partial charge in [0.1, 0.15) is 0 Å². The van der Waals surface area contributed by atoms with E-state index in [1.165, 1.54) is 0 Å². The quantitative estimate of drug-likeness (QED) is 0.298. The molecule has 2 aliphatic rings. The first-order chi connectivity index (χ1) is 19.7. The van der Waals surface area contributed by atoms with Crippen LogP contribution in [0.5, 0.6) is 0 Å². The molecule has 0 spiro atoms. The minimum Gasteiger partial charge on any atom is -0.326 e. The third kappa shape index (κ3) is 7.16. The molecule has 2 aromatic rings. The van der Waals surface area contributed by atoms with Gasteiger partial charge in [0.2, 0.25) is 10.0 Å². The van der Waals surface area contributed by atoms with E-state index in [-0.39, 0.29) is 12.5 Å². The number of carbonyl (C=O) groups excluding carboxylic acids is 2. The Balaban J connectivity index is 1.83. The average molecular weight is 598 g/mol. The van der Waals surface area contributed by atoms with E-state index in [4.69, 9.17) is 16.4 Å². The molecule has 0 radical (unpaired) electrons. The molecule has 2 aromatic carbocycles. The maximum absolute atomic E-state index is 14.3. The second-order valence-electron chi connectivity index (χ2n) is 10.3. The highest BCUT2D eigenvalue weighted by Crippen LogP contribution is 2.43. The number of nitrogens with one attached hydrogen (secondary N) is 2. The Bertz CT molecular complexity index is 1440. The fourth-order valence-corrected chi connectivity index (χ4v) is 6.83. The lowest BCUT2D eigenvalue weighted by Crippen LogP contribution is -2.62. The lowest BCUT2D eigenvalue weighted by atomic mass is 9.76. The van der Waals surface area contributed by atoms with Crippen LogP contribution in [0.15, 0.2) is 90.0 Å². The molecule has 8 nitrogen and oxygen atoms in total. The molecule has 1 saturated carbocycles. The van der Waals surface area contributed by atoms with Crippen molar-refractivity contribution in [3.05, 3.63) is 107 Å². The first kappa shape index (κ1) is 30.7. The molecule has 4 atom stereocenters. The molecule has 1 fully saturated rings. The van der Waals surface area contributed by atoms with Gasteiger partial charge in [-0.05, 0) is 42.5 Å². The normalized spacial score (nSPS) is 23.6. The average Bonchev–Trinajstić information content (AvgIpc) is 2.96. The molecule has 0 saturated heterocycles. The van der Waals surface area contributed by atoms with Crippen molar-refractivity contribution in [2.24, 2.45) is 0 Å². The van der Waals surface area contributed by atoms with Crippen LogP contribution in [0.2, 0.25) is 0 Å². The maximum atomic E-state index is 14.3. The number of sulfonamides is 1. The Morgan fingerprint density at radius 3 is 2.49 bits per heavy atom. The minimum absolute atomic E-state index is 0.155. The zero-order valence-electron chi connectivity index (χ0n) is 23.3. The Hall–Kier alpha value is -3.24. The van der Waals surface area contributed by atoms with Crippen LogP contribution in [0.25, 0.3) is 0 Å². The molecule has 1 aliphatic heterocycles. The number of nitrogens with zero attached hydrogens (tertiary/aromatic N) is 1. The van der Waals surface area contributed by atoms with E-state index in [1.807, 2.05) is 30.3 Å². The van der Waals surface area contributed by atoms with Crippen LogP contribution in [0, 0.1) is 0 Å². The van der Waals surface area contributed by atoms with Gasteiger partial charge in [-0.2, -0.15) is 0 Å². The van der Waals surface area contributed by atoms with Crippen LogP contribution in [0.1, 0.15) is 60.0 Å². The summed E-state index contributed by atoms with van der Waals surface area (Å²) in [6, 6.07) is 14.5. The molecule has 4 rings (SSSR count). The van der Waals surface area contributed by atoms with Gasteiger partial charge in [-0.3, -0.25) is 14.4 Å². The van der Waals surface area contributed by atoms with E-state index in [2.05, 4.69) is 16.8 Å². The lowest BCUT2D eigenvalue weighted by molar-refractivity contribution is -0.137. The molecule has 10 heteroatoms. The number of allylic oxidation sites excluding steroid dienone is 3. The summed E-state index contributed by atoms with van der Waals surface area (Å²) in [6.45, 7) is 5.77. The third-order valence-electron chi connectivity index (χ3n) is 7.51. The van der Waals surface area contributed by atoms with Crippen LogP contribution >= 0.6 is 11.6 Å². The maximum Gasteiger partial charge on any atom is 0.255 e. The van der Waals surface area contributed by atoms with Crippen LogP contribution in [-0.4, -0.2) is 49.5 Å². The Labute approximate surface area is 247 Å². The van der Waals surface area contributed by atoms with Crippen molar-refractivity contribution < 1.29 is 22.8 Å². The highest BCUT2D eigenvalue weighted by Gasteiger charge is 2.50. The summed E-state index contributed by atoms with van der Waals surface area (Å²) in [4.78, 5) is 35.6. The molecule has 1 aliphatic carbocycles. The van der Waals surface area contributed by atoms with E-state index in [9.17, 15) is 18.0 Å². The standard InChI is InChI=1S/C31H36ClN3O5S/c1-4-13-24(25(32)5-2)29-28(30(36)33-40-20-21-14-7-6-8-15-21)22-16-9-10-17-23(22)31(37)35(29)27-19-12-11-18-26(27)34-41(3,38)39/h4-10,13-17,26-29,34H,1,11-12,18-20H2,2-3H3,(H,33,36)/b24-13+,25-5+/t26-,27-,28+,29-/m0/s1. The summed E-state index contributed by atoms with van der Waals surface area (Å²) in [5, 5.41) is 0.360. The number of fused-ring (bicyclic) bond motifs is 1. The number of amides is 2. The Morgan fingerprint density at radius 1 is 1.12 bits per heavy atom. The second-order valence-corrected chi connectivity index (χ2v) is 12.5. The molecule has 0 aromatic heterocycles. The van der Waals surface area contributed by atoms with Crippen LogP contribution in [0.4, 0.5) is 0 Å². The molecular weight excluding hydrogens is 562 g/mol. The number of halogens is 1. The monoisotopic (exact) mass is 597 g/mol. The molecule has 1 heterocycles. The van der Waals surface area contributed by atoms with Gasteiger partial charge in [-0.15, -0.1) is 0 Å². The van der Waals surface area contributed by atoms with Crippen LogP contribution in [0.3, 0.4) is 0 Å². The molecule has 41 heavy (non-hydrogen) atoms. The smallest absolute Gasteiger partial charge is 0.255 e. The number of carbonyl (C=O) groups is 2. The van der Waals surface area contributed by atoms with E-state index < -0.39 is 40.0 Å². The van der Waals surface area contributed by atoms with Crippen LogP contribution < -0.4 is 10.2 Å². The van der Waals surface area contributed by atoms with Gasteiger partial charge in [-0.25, -0.2) is 18.6 Å². The summed E-state index contributed by atoms with van der Waals surface area (Å²) < 4.78 is 27.4. The van der Waals surface area contributed by atoms with Crippen molar-refractivity contribution in [2.45, 2.75) is 63.3 Å². The van der Waals surface area contributed by atoms with Gasteiger partial charge < -0.3 is 4.90 Å². The number of hydrogen-bond acceptors (Lipinski definition) is 5. The fourth-order valence-electron chi connectivity index (χ4n) is 5.83. The van der Waals surface area contributed by atoms with E-state index in [0.717, 1.165) is 24.7 Å². The van der Waals surface area contributed by atoms with Crippen molar-refractivity contribution >= 4 is 33.4 Å². The first-order valence-electron chi connectivity index (χ1n) is 13.7. The lowest BCUT2D eigenvalue weighted by Gasteiger charge is -2.49. The second kappa shape index (κ2) is 13.6. The zero-order valence-corrected chi connectivity index (χ0v) is 24.8. The largest absolute Gasteiger partial charge is 0.326 e. The number of hydrogen-bond donors (Lipinski definition) is 2. The van der Waals surface area contributed by atoms with E-state index in [1.54, 1.807) is 54.3 Å². The summed E-state index contributed by atoms with van der Waals surface area (Å²) in [5.41, 5.74) is 4.94. The highest BCUT2D eigenvalue weighted by molar-refractivity contribution is 7.88. The van der Waals surface area contributed by atoms with Gasteiger partial charge in [0, 0.05) is 22.7 Å². The molecule has 0 bridgehead atoms. The minimum atomic E-state index is -3.57. The summed E-state index contributed by atoms with van der Waals surface area (Å²) in [7, 11) is -3.57. The number of benzene rings is 2. The van der Waals surface area contributed by atoms with Crippen molar-refractivity contribution in [1.29, 1.82) is 0 Å². The van der Waals surface area contributed by atoms with Crippen molar-refractivity contribution in [3.63, 3.8) is 0 Å². The highest BCUT2D eigenvalue weighted by atomic mass is 35.5. The molecule has 0 unspecified atom stereocenters. The predicted molar refractivity (Wildman–Crippen MR) is 160 cm³/mol. The van der Waals surface area contributed by atoms with Crippen LogP contribution in [-0.2, 0) is 26.3 Å². The van der Waals surface area contributed by atoms with E-state index in [0.29, 0.717) is 34.6 Å². The molecule has 2 N–H and O–H groups in total. The topological polar surface area (TPSA) is 105 Å². The van der Waals surface area contributed by atoms with Gasteiger partial charge >= 0.3 is 0 Å². The Kier molecular flexibility index (Phi) is 10.2. The van der Waals surface area contributed by atoms with Gasteiger partial charge in [0.25, 0.3) is 11.8 Å². The summed E-state index contributed by atoms with van der Waals surface area (Å²) in [6.07, 6.45) is 8.83. The third-order valence-corrected chi connectivity index (χ3v) is 8.68. The Morgan fingerprint density at radius 2 is 1.80 bits per heavy atom. The fraction of sp³-hybridized carbons (Fsp3) is 0.355. The summed E-state index contributed by atoms with van der Waals surface area (Å²) in [5.74, 6) is -1.64. The van der Waals surface area contributed by atoms with Crippen molar-refractivity contribution in [3.8, 4) is 0 Å². The summed E-state index contributed by atoms with van der Waals surface area (Å²) >= 11 is 6.75. The predicted octanol–water partition coefficient (Wildman–Crippen LogP) is 4.96. The van der Waals surface area contributed by atoms with Gasteiger partial charge in [0.05, 0.1) is 24.8 Å². The zero-order chi connectivity index (χ0) is 29.6. The van der Waals surface area contributed by atoms with Gasteiger partial charge in [-0.1, -0.05) is 97.8 Å². The number of rotatable bonds is 10. The molecular formula is C31H36ClN3O5S. The van der Waals surface area contributed by atoms with Crippen molar-refractivity contribution in [2.75, 3.05) is 6.26 Å². The molecule has 218 valence electrons. The SMILES string of the molecule is C=C/C=C(\C(Cl)=C/C)[C@H]1[C@H](C(=O)NOCc2ccccc2)c2ccccc2C(=O)N1[C@H]1CCCC[C@@H]1NS(C)(=O)=O. The van der Waals surface area contributed by atoms with Gasteiger partial charge in [0.15, 0.2) is 0 Å².